The molecule has 32 heavy (non-hydrogen) atoms. The molecule has 0 aromatic carbocycles. The highest BCUT2D eigenvalue weighted by Gasteiger charge is 2.28. The summed E-state index contributed by atoms with van der Waals surface area (Å²) in [5.74, 6) is 1.11. The minimum Gasteiger partial charge on any atom is -0.352 e. The molecule has 1 aliphatic heterocycles. The molecule has 1 amide bonds. The second kappa shape index (κ2) is 9.23. The quantitative estimate of drug-likeness (QED) is 0.488. The maximum absolute atomic E-state index is 12.7. The Morgan fingerprint density at radius 3 is 2.78 bits per heavy atom. The summed E-state index contributed by atoms with van der Waals surface area (Å²) in [6, 6.07) is 11.7. The molecule has 0 radical (unpaired) electrons. The first-order chi connectivity index (χ1) is 15.8. The third-order valence-corrected chi connectivity index (χ3v) is 5.91. The highest BCUT2D eigenvalue weighted by Crippen LogP contribution is 2.27. The van der Waals surface area contributed by atoms with Crippen molar-refractivity contribution in [2.45, 2.75) is 25.3 Å². The molecule has 1 atom stereocenters. The van der Waals surface area contributed by atoms with Crippen molar-refractivity contribution < 1.29 is 4.79 Å². The summed E-state index contributed by atoms with van der Waals surface area (Å²) in [6.07, 6.45) is 10.9. The van der Waals surface area contributed by atoms with E-state index in [4.69, 9.17) is 0 Å². The average Bonchev–Trinajstić information content (AvgIpc) is 3.46. The Balaban J connectivity index is 1.25. The van der Waals surface area contributed by atoms with Crippen molar-refractivity contribution in [2.75, 3.05) is 19.6 Å². The van der Waals surface area contributed by atoms with E-state index in [0.29, 0.717) is 12.1 Å². The number of hydrogen-bond acceptors (Lipinski definition) is 6. The molecule has 5 heterocycles. The molecule has 162 valence electrons. The van der Waals surface area contributed by atoms with Gasteiger partial charge in [-0.05, 0) is 60.8 Å². The molecule has 4 aromatic heterocycles. The number of nitrogens with zero attached hydrogens (tertiary/aromatic N) is 6. The maximum atomic E-state index is 12.7. The van der Waals surface area contributed by atoms with Crippen molar-refractivity contribution in [1.82, 2.24) is 34.8 Å². The van der Waals surface area contributed by atoms with Crippen LogP contribution in [-0.4, -0.2) is 55.0 Å². The highest BCUT2D eigenvalue weighted by molar-refractivity contribution is 5.94. The summed E-state index contributed by atoms with van der Waals surface area (Å²) in [7, 11) is 0. The van der Waals surface area contributed by atoms with E-state index in [0.717, 1.165) is 49.5 Å². The van der Waals surface area contributed by atoms with E-state index in [-0.39, 0.29) is 11.8 Å². The maximum Gasteiger partial charge on any atom is 0.252 e. The molecular formula is C24H25N7O. The van der Waals surface area contributed by atoms with Gasteiger partial charge in [0, 0.05) is 56.5 Å². The topological polar surface area (TPSA) is 88.3 Å². The van der Waals surface area contributed by atoms with Crippen LogP contribution < -0.4 is 5.32 Å². The van der Waals surface area contributed by atoms with Crippen LogP contribution >= 0.6 is 0 Å². The smallest absolute Gasteiger partial charge is 0.252 e. The summed E-state index contributed by atoms with van der Waals surface area (Å²) < 4.78 is 1.97. The number of hydrogen-bond donors (Lipinski definition) is 1. The van der Waals surface area contributed by atoms with Crippen molar-refractivity contribution in [1.29, 1.82) is 0 Å². The van der Waals surface area contributed by atoms with Crippen LogP contribution in [0.5, 0.6) is 0 Å². The zero-order valence-corrected chi connectivity index (χ0v) is 17.8. The minimum atomic E-state index is -0.0924. The Labute approximate surface area is 186 Å². The lowest BCUT2D eigenvalue weighted by Gasteiger charge is -2.15. The van der Waals surface area contributed by atoms with E-state index in [1.165, 1.54) is 5.56 Å². The SMILES string of the molecule is O=C(NCCc1ccncc1)c1ccc2nnc(C3CCN(Cc4cccnc4)C3)n2c1. The normalized spacial score (nSPS) is 16.4. The lowest BCUT2D eigenvalue weighted by Crippen LogP contribution is -2.26. The van der Waals surface area contributed by atoms with Gasteiger partial charge >= 0.3 is 0 Å². The molecule has 5 rings (SSSR count). The lowest BCUT2D eigenvalue weighted by molar-refractivity contribution is 0.0953. The fourth-order valence-corrected chi connectivity index (χ4v) is 4.23. The van der Waals surface area contributed by atoms with Crippen LogP contribution in [0.2, 0.25) is 0 Å². The van der Waals surface area contributed by atoms with Gasteiger partial charge in [-0.25, -0.2) is 0 Å². The predicted molar refractivity (Wildman–Crippen MR) is 120 cm³/mol. The zero-order valence-electron chi connectivity index (χ0n) is 17.8. The van der Waals surface area contributed by atoms with E-state index in [2.05, 4.69) is 36.4 Å². The third kappa shape index (κ3) is 4.50. The Hall–Kier alpha value is -3.65. The van der Waals surface area contributed by atoms with E-state index in [1.807, 2.05) is 41.1 Å². The number of amides is 1. The second-order valence-electron chi connectivity index (χ2n) is 8.15. The molecule has 4 aromatic rings. The molecule has 1 fully saturated rings. The van der Waals surface area contributed by atoms with Gasteiger partial charge in [-0.1, -0.05) is 6.07 Å². The number of aromatic nitrogens is 5. The van der Waals surface area contributed by atoms with Crippen molar-refractivity contribution in [3.63, 3.8) is 0 Å². The molecule has 8 heteroatoms. The molecule has 0 bridgehead atoms. The first kappa shape index (κ1) is 20.3. The highest BCUT2D eigenvalue weighted by atomic mass is 16.1. The van der Waals surface area contributed by atoms with Crippen LogP contribution in [0.4, 0.5) is 0 Å². The summed E-state index contributed by atoms with van der Waals surface area (Å²) in [5, 5.41) is 11.8. The molecule has 1 N–H and O–H groups in total. The minimum absolute atomic E-state index is 0.0924. The van der Waals surface area contributed by atoms with Gasteiger partial charge in [-0.3, -0.25) is 24.1 Å². The van der Waals surface area contributed by atoms with Gasteiger partial charge in [-0.15, -0.1) is 10.2 Å². The summed E-state index contributed by atoms with van der Waals surface area (Å²) in [6.45, 7) is 3.37. The summed E-state index contributed by atoms with van der Waals surface area (Å²) in [4.78, 5) is 23.3. The molecule has 1 aliphatic rings. The predicted octanol–water partition coefficient (Wildman–Crippen LogP) is 2.48. The number of nitrogens with one attached hydrogen (secondary N) is 1. The second-order valence-corrected chi connectivity index (χ2v) is 8.15. The number of pyridine rings is 3. The van der Waals surface area contributed by atoms with Crippen molar-refractivity contribution in [3.05, 3.63) is 89.9 Å². The molecule has 8 nitrogen and oxygen atoms in total. The first-order valence-corrected chi connectivity index (χ1v) is 10.9. The van der Waals surface area contributed by atoms with Gasteiger partial charge in [0.1, 0.15) is 5.82 Å². The van der Waals surface area contributed by atoms with Crippen molar-refractivity contribution in [2.24, 2.45) is 0 Å². The van der Waals surface area contributed by atoms with Gasteiger partial charge in [0.05, 0.1) is 5.56 Å². The Morgan fingerprint density at radius 1 is 1.03 bits per heavy atom. The molecule has 0 saturated carbocycles. The summed E-state index contributed by atoms with van der Waals surface area (Å²) >= 11 is 0. The Kier molecular flexibility index (Phi) is 5.85. The molecule has 0 aliphatic carbocycles. The van der Waals surface area contributed by atoms with Crippen LogP contribution in [0.25, 0.3) is 5.65 Å². The fourth-order valence-electron chi connectivity index (χ4n) is 4.23. The average molecular weight is 428 g/mol. The third-order valence-electron chi connectivity index (χ3n) is 5.91. The first-order valence-electron chi connectivity index (χ1n) is 10.9. The van der Waals surface area contributed by atoms with Crippen LogP contribution in [0.15, 0.2) is 67.4 Å². The molecular weight excluding hydrogens is 402 g/mol. The molecule has 0 spiro atoms. The van der Waals surface area contributed by atoms with Gasteiger partial charge < -0.3 is 5.32 Å². The fraction of sp³-hybridized carbons (Fsp3) is 0.292. The van der Waals surface area contributed by atoms with Crippen molar-refractivity contribution in [3.8, 4) is 0 Å². The van der Waals surface area contributed by atoms with Gasteiger partial charge in [0.15, 0.2) is 5.65 Å². The van der Waals surface area contributed by atoms with E-state index >= 15 is 0 Å². The van der Waals surface area contributed by atoms with E-state index < -0.39 is 0 Å². The number of likely N-dealkylation sites (tertiary alicyclic amines) is 1. The number of rotatable bonds is 7. The number of fused-ring (bicyclic) bond motifs is 1. The zero-order chi connectivity index (χ0) is 21.8. The van der Waals surface area contributed by atoms with Crippen molar-refractivity contribution >= 4 is 11.6 Å². The van der Waals surface area contributed by atoms with Gasteiger partial charge in [-0.2, -0.15) is 0 Å². The van der Waals surface area contributed by atoms with Gasteiger partial charge in [0.25, 0.3) is 5.91 Å². The standard InChI is InChI=1S/C24H25N7O/c32-24(27-12-7-18-5-10-25-11-6-18)21-3-4-22-28-29-23(31(22)17-21)20-8-13-30(16-20)15-19-2-1-9-26-14-19/h1-6,9-11,14,17,20H,7-8,12-13,15-16H2,(H,27,32). The van der Waals surface area contributed by atoms with Crippen LogP contribution in [0.1, 0.15) is 39.6 Å². The number of carbonyl (C=O) groups is 1. The molecule has 1 unspecified atom stereocenters. The Morgan fingerprint density at radius 2 is 1.94 bits per heavy atom. The van der Waals surface area contributed by atoms with E-state index in [9.17, 15) is 4.79 Å². The molecule has 1 saturated heterocycles. The van der Waals surface area contributed by atoms with Crippen LogP contribution in [0, 0.1) is 0 Å². The monoisotopic (exact) mass is 427 g/mol. The Bertz CT molecular complexity index is 1190. The summed E-state index contributed by atoms with van der Waals surface area (Å²) in [5.41, 5.74) is 3.73. The number of carbonyl (C=O) groups excluding carboxylic acids is 1. The van der Waals surface area contributed by atoms with Crippen LogP contribution in [-0.2, 0) is 13.0 Å². The lowest BCUT2D eigenvalue weighted by atomic mass is 10.1. The largest absolute Gasteiger partial charge is 0.352 e. The van der Waals surface area contributed by atoms with Crippen LogP contribution in [0.3, 0.4) is 0 Å². The van der Waals surface area contributed by atoms with E-state index in [1.54, 1.807) is 24.7 Å². The van der Waals surface area contributed by atoms with Gasteiger partial charge in [0.2, 0.25) is 0 Å².